The van der Waals surface area contributed by atoms with Crippen LogP contribution in [0.1, 0.15) is 31.3 Å². The smallest absolute Gasteiger partial charge is 0.161 e. The summed E-state index contributed by atoms with van der Waals surface area (Å²) in [4.78, 5) is 0. The summed E-state index contributed by atoms with van der Waals surface area (Å²) in [6, 6.07) is 6.07. The SMILES string of the molecule is CCc1nnc2cccc(C3(N)CC3)n12. The van der Waals surface area contributed by atoms with E-state index in [1.165, 1.54) is 0 Å². The van der Waals surface area contributed by atoms with Crippen molar-refractivity contribution in [3.8, 4) is 0 Å². The molecule has 1 saturated carbocycles. The van der Waals surface area contributed by atoms with E-state index in [0.717, 1.165) is 36.4 Å². The Hall–Kier alpha value is -1.42. The van der Waals surface area contributed by atoms with Gasteiger partial charge in [-0.2, -0.15) is 0 Å². The molecule has 0 spiro atoms. The van der Waals surface area contributed by atoms with Crippen LogP contribution in [0.15, 0.2) is 18.2 Å². The van der Waals surface area contributed by atoms with Gasteiger partial charge in [-0.15, -0.1) is 10.2 Å². The highest BCUT2D eigenvalue weighted by Gasteiger charge is 2.42. The van der Waals surface area contributed by atoms with Crippen LogP contribution in [0.3, 0.4) is 0 Å². The molecule has 0 amide bonds. The third kappa shape index (κ3) is 1.18. The second-order valence-corrected chi connectivity index (χ2v) is 4.23. The van der Waals surface area contributed by atoms with Gasteiger partial charge >= 0.3 is 0 Å². The number of pyridine rings is 1. The average molecular weight is 202 g/mol. The van der Waals surface area contributed by atoms with E-state index in [4.69, 9.17) is 5.73 Å². The molecule has 78 valence electrons. The second-order valence-electron chi connectivity index (χ2n) is 4.23. The van der Waals surface area contributed by atoms with Crippen LogP contribution in [0, 0.1) is 0 Å². The van der Waals surface area contributed by atoms with Crippen LogP contribution < -0.4 is 5.73 Å². The first-order chi connectivity index (χ1) is 7.24. The summed E-state index contributed by atoms with van der Waals surface area (Å²) >= 11 is 0. The number of hydrogen-bond donors (Lipinski definition) is 1. The lowest BCUT2D eigenvalue weighted by atomic mass is 10.1. The predicted octanol–water partition coefficient (Wildman–Crippen LogP) is 1.24. The molecular formula is C11H14N4. The molecule has 4 nitrogen and oxygen atoms in total. The third-order valence-electron chi connectivity index (χ3n) is 3.11. The fourth-order valence-electron chi connectivity index (χ4n) is 2.01. The Morgan fingerprint density at radius 3 is 2.87 bits per heavy atom. The van der Waals surface area contributed by atoms with Gasteiger partial charge in [-0.1, -0.05) is 13.0 Å². The van der Waals surface area contributed by atoms with Crippen LogP contribution in [0.25, 0.3) is 5.65 Å². The first kappa shape index (κ1) is 8.85. The summed E-state index contributed by atoms with van der Waals surface area (Å²) in [5.41, 5.74) is 8.17. The van der Waals surface area contributed by atoms with Crippen molar-refractivity contribution in [1.82, 2.24) is 14.6 Å². The summed E-state index contributed by atoms with van der Waals surface area (Å²) in [6.07, 6.45) is 3.01. The second kappa shape index (κ2) is 2.79. The number of nitrogens with two attached hydrogens (primary N) is 1. The van der Waals surface area contributed by atoms with Gasteiger partial charge in [0.05, 0.1) is 5.54 Å². The van der Waals surface area contributed by atoms with E-state index >= 15 is 0 Å². The van der Waals surface area contributed by atoms with E-state index in [-0.39, 0.29) is 5.54 Å². The van der Waals surface area contributed by atoms with Crippen LogP contribution in [-0.2, 0) is 12.0 Å². The van der Waals surface area contributed by atoms with E-state index in [1.54, 1.807) is 0 Å². The molecule has 2 N–H and O–H groups in total. The van der Waals surface area contributed by atoms with Crippen molar-refractivity contribution in [3.05, 3.63) is 29.7 Å². The van der Waals surface area contributed by atoms with Gasteiger partial charge in [0.1, 0.15) is 5.82 Å². The molecule has 0 aromatic carbocycles. The standard InChI is InChI=1S/C11H14N4/c1-2-9-13-14-10-5-3-4-8(15(9)10)11(12)6-7-11/h3-5H,2,6-7,12H2,1H3. The number of hydrogen-bond acceptors (Lipinski definition) is 3. The van der Waals surface area contributed by atoms with Crippen molar-refractivity contribution in [2.24, 2.45) is 5.73 Å². The van der Waals surface area contributed by atoms with Crippen molar-refractivity contribution in [2.45, 2.75) is 31.7 Å². The number of fused-ring (bicyclic) bond motifs is 1. The van der Waals surface area contributed by atoms with Crippen molar-refractivity contribution in [1.29, 1.82) is 0 Å². The molecule has 1 aliphatic rings. The topological polar surface area (TPSA) is 56.2 Å². The van der Waals surface area contributed by atoms with Crippen LogP contribution in [0.4, 0.5) is 0 Å². The number of aromatic nitrogens is 3. The Balaban J connectivity index is 2.32. The maximum Gasteiger partial charge on any atom is 0.161 e. The van der Waals surface area contributed by atoms with Crippen molar-refractivity contribution >= 4 is 5.65 Å². The van der Waals surface area contributed by atoms with Gasteiger partial charge in [-0.05, 0) is 25.0 Å². The fourth-order valence-corrected chi connectivity index (χ4v) is 2.01. The molecule has 1 aliphatic carbocycles. The molecule has 2 aromatic rings. The molecule has 1 fully saturated rings. The van der Waals surface area contributed by atoms with Crippen LogP contribution in [0.2, 0.25) is 0 Å². The third-order valence-corrected chi connectivity index (χ3v) is 3.11. The molecule has 0 unspecified atom stereocenters. The van der Waals surface area contributed by atoms with E-state index in [0.29, 0.717) is 0 Å². The van der Waals surface area contributed by atoms with Crippen LogP contribution >= 0.6 is 0 Å². The first-order valence-corrected chi connectivity index (χ1v) is 5.37. The molecule has 0 saturated heterocycles. The lowest BCUT2D eigenvalue weighted by molar-refractivity contribution is 0.681. The Labute approximate surface area is 88.1 Å². The number of nitrogens with zero attached hydrogens (tertiary/aromatic N) is 3. The van der Waals surface area contributed by atoms with Crippen molar-refractivity contribution in [3.63, 3.8) is 0 Å². The number of aryl methyl sites for hydroxylation is 1. The van der Waals surface area contributed by atoms with Gasteiger partial charge in [0, 0.05) is 12.1 Å². The zero-order valence-electron chi connectivity index (χ0n) is 8.77. The lowest BCUT2D eigenvalue weighted by Gasteiger charge is -2.12. The molecule has 0 aliphatic heterocycles. The summed E-state index contributed by atoms with van der Waals surface area (Å²) in [7, 11) is 0. The molecule has 4 heteroatoms. The minimum atomic E-state index is -0.133. The normalized spacial score (nSPS) is 18.3. The van der Waals surface area contributed by atoms with Crippen molar-refractivity contribution < 1.29 is 0 Å². The summed E-state index contributed by atoms with van der Waals surface area (Å²) in [6.45, 7) is 2.09. The Morgan fingerprint density at radius 2 is 2.20 bits per heavy atom. The lowest BCUT2D eigenvalue weighted by Crippen LogP contribution is -2.22. The van der Waals surface area contributed by atoms with Crippen LogP contribution in [0.5, 0.6) is 0 Å². The Kier molecular flexibility index (Phi) is 1.65. The summed E-state index contributed by atoms with van der Waals surface area (Å²) < 4.78 is 2.10. The summed E-state index contributed by atoms with van der Waals surface area (Å²) in [5.74, 6) is 0.998. The van der Waals surface area contributed by atoms with E-state index in [1.807, 2.05) is 12.1 Å². The molecule has 2 aromatic heterocycles. The van der Waals surface area contributed by atoms with Gasteiger partial charge in [-0.25, -0.2) is 0 Å². The number of rotatable bonds is 2. The van der Waals surface area contributed by atoms with Gasteiger partial charge in [-0.3, -0.25) is 4.40 Å². The first-order valence-electron chi connectivity index (χ1n) is 5.37. The minimum absolute atomic E-state index is 0.133. The zero-order chi connectivity index (χ0) is 10.5. The average Bonchev–Trinajstić information content (AvgIpc) is 2.87. The molecule has 0 radical (unpaired) electrons. The monoisotopic (exact) mass is 202 g/mol. The molecule has 2 heterocycles. The largest absolute Gasteiger partial charge is 0.320 e. The maximum atomic E-state index is 6.24. The minimum Gasteiger partial charge on any atom is -0.320 e. The summed E-state index contributed by atoms with van der Waals surface area (Å²) in [5, 5.41) is 8.32. The molecular weight excluding hydrogens is 188 g/mol. The quantitative estimate of drug-likeness (QED) is 0.797. The highest BCUT2D eigenvalue weighted by molar-refractivity contribution is 5.43. The van der Waals surface area contributed by atoms with E-state index < -0.39 is 0 Å². The Morgan fingerprint density at radius 1 is 1.40 bits per heavy atom. The molecule has 3 rings (SSSR count). The van der Waals surface area contributed by atoms with Gasteiger partial charge in [0.25, 0.3) is 0 Å². The van der Waals surface area contributed by atoms with Gasteiger partial charge in [0.15, 0.2) is 5.65 Å². The van der Waals surface area contributed by atoms with Crippen LogP contribution in [-0.4, -0.2) is 14.6 Å². The maximum absolute atomic E-state index is 6.24. The molecule has 15 heavy (non-hydrogen) atoms. The van der Waals surface area contributed by atoms with Gasteiger partial charge in [0.2, 0.25) is 0 Å². The highest BCUT2D eigenvalue weighted by Crippen LogP contribution is 2.42. The Bertz CT molecular complexity index is 510. The van der Waals surface area contributed by atoms with E-state index in [2.05, 4.69) is 27.6 Å². The van der Waals surface area contributed by atoms with Gasteiger partial charge < -0.3 is 5.73 Å². The highest BCUT2D eigenvalue weighted by atomic mass is 15.3. The predicted molar refractivity (Wildman–Crippen MR) is 57.5 cm³/mol. The van der Waals surface area contributed by atoms with Crippen molar-refractivity contribution in [2.75, 3.05) is 0 Å². The molecule has 0 atom stereocenters. The fraction of sp³-hybridized carbons (Fsp3) is 0.455. The zero-order valence-corrected chi connectivity index (χ0v) is 8.77. The molecule has 0 bridgehead atoms. The van der Waals surface area contributed by atoms with E-state index in [9.17, 15) is 0 Å².